The third-order valence-corrected chi connectivity index (χ3v) is 8.72. The molecule has 0 heterocycles. The first kappa shape index (κ1) is 16.9. The quantitative estimate of drug-likeness (QED) is 0.598. The highest BCUT2D eigenvalue weighted by atomic mass is 35.5. The summed E-state index contributed by atoms with van der Waals surface area (Å²) in [6, 6.07) is 0. The van der Waals surface area contributed by atoms with Crippen LogP contribution >= 0.6 is 11.6 Å². The highest BCUT2D eigenvalue weighted by molar-refractivity contribution is 6.61. The van der Waals surface area contributed by atoms with Crippen LogP contribution in [0.5, 0.6) is 0 Å². The van der Waals surface area contributed by atoms with E-state index in [0.717, 1.165) is 50.4 Å². The van der Waals surface area contributed by atoms with Gasteiger partial charge in [-0.25, -0.2) is 4.79 Å². The maximum atomic E-state index is 11.9. The average molecular weight is 353 g/mol. The van der Waals surface area contributed by atoms with Crippen LogP contribution in [0.1, 0.15) is 71.6 Å². The lowest BCUT2D eigenvalue weighted by molar-refractivity contribution is -0.141. The van der Waals surface area contributed by atoms with E-state index >= 15 is 0 Å². The topological polar surface area (TPSA) is 43.4 Å². The predicted molar refractivity (Wildman–Crippen MR) is 92.9 cm³/mol. The molecule has 4 aliphatic carbocycles. The largest absolute Gasteiger partial charge is 0.450 e. The molecular weight excluding hydrogens is 324 g/mol. The van der Waals surface area contributed by atoms with Crippen LogP contribution in [0.15, 0.2) is 0 Å². The SMILES string of the molecule is C[C@]12CC[C@H]3[C@@H](CCC4CC(=O)CC[C@@]43C)[C@@H]1CC[C@@H]2OC(=O)Cl. The van der Waals surface area contributed by atoms with Crippen molar-refractivity contribution in [1.82, 2.24) is 0 Å². The molecular formula is C20H29ClO3. The molecule has 0 aromatic rings. The number of halogens is 1. The zero-order valence-corrected chi connectivity index (χ0v) is 15.6. The van der Waals surface area contributed by atoms with Gasteiger partial charge in [0, 0.05) is 29.9 Å². The molecule has 0 saturated heterocycles. The Balaban J connectivity index is 1.58. The third-order valence-electron chi connectivity index (χ3n) is 8.63. The Kier molecular flexibility index (Phi) is 4.02. The Labute approximate surface area is 149 Å². The number of fused-ring (bicyclic) bond motifs is 5. The molecule has 4 rings (SSSR count). The second-order valence-electron chi connectivity index (χ2n) is 9.37. The third kappa shape index (κ3) is 2.37. The van der Waals surface area contributed by atoms with E-state index in [1.54, 1.807) is 0 Å². The second kappa shape index (κ2) is 5.72. The molecule has 0 N–H and O–H groups in total. The van der Waals surface area contributed by atoms with Crippen LogP contribution in [-0.2, 0) is 9.53 Å². The molecule has 0 aliphatic heterocycles. The maximum absolute atomic E-state index is 11.9. The van der Waals surface area contributed by atoms with Crippen molar-refractivity contribution in [3.63, 3.8) is 0 Å². The predicted octanol–water partition coefficient (Wildman–Crippen LogP) is 5.34. The van der Waals surface area contributed by atoms with E-state index in [1.807, 2.05) is 0 Å². The van der Waals surface area contributed by atoms with Gasteiger partial charge in [-0.1, -0.05) is 13.8 Å². The summed E-state index contributed by atoms with van der Waals surface area (Å²) in [4.78, 5) is 23.2. The number of hydrogen-bond donors (Lipinski definition) is 0. The van der Waals surface area contributed by atoms with Crippen molar-refractivity contribution in [3.8, 4) is 0 Å². The van der Waals surface area contributed by atoms with Crippen LogP contribution in [0.4, 0.5) is 4.79 Å². The summed E-state index contributed by atoms with van der Waals surface area (Å²) in [6.07, 6.45) is 9.59. The molecule has 134 valence electrons. The molecule has 4 saturated carbocycles. The summed E-state index contributed by atoms with van der Waals surface area (Å²) < 4.78 is 5.49. The van der Waals surface area contributed by atoms with E-state index in [4.69, 9.17) is 16.3 Å². The number of ether oxygens (including phenoxy) is 1. The zero-order valence-electron chi connectivity index (χ0n) is 14.9. The number of carbonyl (C=O) groups is 2. The van der Waals surface area contributed by atoms with Gasteiger partial charge in [0.25, 0.3) is 0 Å². The van der Waals surface area contributed by atoms with Crippen molar-refractivity contribution >= 4 is 22.8 Å². The smallest absolute Gasteiger partial charge is 0.404 e. The summed E-state index contributed by atoms with van der Waals surface area (Å²) in [5, 5.41) is 0. The van der Waals surface area contributed by atoms with Crippen LogP contribution in [0.25, 0.3) is 0 Å². The van der Waals surface area contributed by atoms with Gasteiger partial charge in [0.05, 0.1) is 0 Å². The summed E-state index contributed by atoms with van der Waals surface area (Å²) in [5.74, 6) is 3.20. The molecule has 7 atom stereocenters. The molecule has 4 aliphatic rings. The molecule has 4 fully saturated rings. The van der Waals surface area contributed by atoms with Crippen LogP contribution in [-0.4, -0.2) is 17.3 Å². The van der Waals surface area contributed by atoms with E-state index in [2.05, 4.69) is 13.8 Å². The molecule has 0 bridgehead atoms. The first-order valence-corrected chi connectivity index (χ1v) is 10.1. The lowest BCUT2D eigenvalue weighted by Crippen LogP contribution is -2.54. The average Bonchev–Trinajstić information content (AvgIpc) is 2.84. The van der Waals surface area contributed by atoms with Crippen molar-refractivity contribution in [3.05, 3.63) is 0 Å². The van der Waals surface area contributed by atoms with Gasteiger partial charge < -0.3 is 4.74 Å². The Hall–Kier alpha value is -0.570. The van der Waals surface area contributed by atoms with Crippen molar-refractivity contribution in [2.75, 3.05) is 0 Å². The Morgan fingerprint density at radius 2 is 1.79 bits per heavy atom. The van der Waals surface area contributed by atoms with E-state index in [-0.39, 0.29) is 11.5 Å². The van der Waals surface area contributed by atoms with Crippen molar-refractivity contribution in [1.29, 1.82) is 0 Å². The number of rotatable bonds is 1. The van der Waals surface area contributed by atoms with Crippen molar-refractivity contribution in [2.45, 2.75) is 77.7 Å². The fourth-order valence-electron chi connectivity index (χ4n) is 7.30. The molecule has 24 heavy (non-hydrogen) atoms. The normalized spacial score (nSPS) is 50.6. The molecule has 3 nitrogen and oxygen atoms in total. The molecule has 1 unspecified atom stereocenters. The molecule has 0 radical (unpaired) electrons. The summed E-state index contributed by atoms with van der Waals surface area (Å²) in [6.45, 7) is 4.79. The molecule has 4 heteroatoms. The van der Waals surface area contributed by atoms with Gasteiger partial charge in [-0.3, -0.25) is 4.79 Å². The van der Waals surface area contributed by atoms with Gasteiger partial charge in [0.1, 0.15) is 11.9 Å². The minimum atomic E-state index is -0.648. The highest BCUT2D eigenvalue weighted by Crippen LogP contribution is 2.66. The van der Waals surface area contributed by atoms with Crippen LogP contribution in [0.2, 0.25) is 0 Å². The van der Waals surface area contributed by atoms with Gasteiger partial charge in [0.15, 0.2) is 0 Å². The van der Waals surface area contributed by atoms with Gasteiger partial charge in [-0.05, 0) is 74.0 Å². The standard InChI is InChI=1S/C20H29ClO3/c1-19-9-7-13(22)11-12(19)3-4-14-15-5-6-17(24-18(21)23)20(15,2)10-8-16(14)19/h12,14-17H,3-11H2,1-2H3/t12?,14-,15-,16-,17-,19-,20-/m0/s1. The number of ketones is 1. The molecule has 0 aromatic heterocycles. The Morgan fingerprint density at radius 3 is 2.54 bits per heavy atom. The molecule has 0 spiro atoms. The van der Waals surface area contributed by atoms with E-state index < -0.39 is 5.43 Å². The van der Waals surface area contributed by atoms with Gasteiger partial charge >= 0.3 is 5.43 Å². The molecule has 0 amide bonds. The minimum absolute atomic E-state index is 0.00749. The van der Waals surface area contributed by atoms with Gasteiger partial charge in [0.2, 0.25) is 0 Å². The second-order valence-corrected chi connectivity index (χ2v) is 9.67. The number of Topliss-reactive ketones (excluding diaryl/α,β-unsaturated/α-hetero) is 1. The Bertz CT molecular complexity index is 561. The monoisotopic (exact) mass is 352 g/mol. The number of carbonyl (C=O) groups excluding carboxylic acids is 2. The fraction of sp³-hybridized carbons (Fsp3) is 0.900. The van der Waals surface area contributed by atoms with Gasteiger partial charge in [-0.15, -0.1) is 0 Å². The first-order chi connectivity index (χ1) is 11.3. The Morgan fingerprint density at radius 1 is 1.04 bits per heavy atom. The van der Waals surface area contributed by atoms with Crippen LogP contribution in [0.3, 0.4) is 0 Å². The minimum Gasteiger partial charge on any atom is -0.450 e. The lowest BCUT2D eigenvalue weighted by atomic mass is 9.45. The van der Waals surface area contributed by atoms with E-state index in [1.165, 1.54) is 19.3 Å². The first-order valence-electron chi connectivity index (χ1n) is 9.72. The maximum Gasteiger partial charge on any atom is 0.404 e. The highest BCUT2D eigenvalue weighted by Gasteiger charge is 2.61. The fourth-order valence-corrected chi connectivity index (χ4v) is 7.41. The van der Waals surface area contributed by atoms with Crippen molar-refractivity contribution in [2.24, 2.45) is 34.5 Å². The summed E-state index contributed by atoms with van der Waals surface area (Å²) in [5.41, 5.74) is -0.204. The van der Waals surface area contributed by atoms with Crippen LogP contribution in [0, 0.1) is 34.5 Å². The van der Waals surface area contributed by atoms with E-state index in [9.17, 15) is 9.59 Å². The van der Waals surface area contributed by atoms with Crippen molar-refractivity contribution < 1.29 is 14.3 Å². The lowest BCUT2D eigenvalue weighted by Gasteiger charge is -2.60. The summed E-state index contributed by atoms with van der Waals surface area (Å²) in [7, 11) is 0. The molecule has 0 aromatic carbocycles. The van der Waals surface area contributed by atoms with Gasteiger partial charge in [-0.2, -0.15) is 0 Å². The van der Waals surface area contributed by atoms with E-state index in [0.29, 0.717) is 23.0 Å². The zero-order chi connectivity index (χ0) is 17.1. The van der Waals surface area contributed by atoms with Crippen LogP contribution < -0.4 is 0 Å². The summed E-state index contributed by atoms with van der Waals surface area (Å²) >= 11 is 5.52. The number of hydrogen-bond acceptors (Lipinski definition) is 3.